The van der Waals surface area contributed by atoms with Crippen LogP contribution in [0.4, 0.5) is 5.82 Å². The van der Waals surface area contributed by atoms with Gasteiger partial charge < -0.3 is 29.5 Å². The highest BCUT2D eigenvalue weighted by Crippen LogP contribution is 2.27. The largest absolute Gasteiger partial charge is 0.368 e. The molecule has 184 valence electrons. The maximum absolute atomic E-state index is 12.5. The van der Waals surface area contributed by atoms with Gasteiger partial charge in [-0.25, -0.2) is 0 Å². The van der Waals surface area contributed by atoms with Crippen LogP contribution in [-0.4, -0.2) is 68.1 Å². The quantitative estimate of drug-likeness (QED) is 0.631. The van der Waals surface area contributed by atoms with Crippen molar-refractivity contribution >= 4 is 17.6 Å². The zero-order valence-electron chi connectivity index (χ0n) is 20.6. The van der Waals surface area contributed by atoms with Crippen molar-refractivity contribution in [2.24, 2.45) is 11.7 Å². The van der Waals surface area contributed by atoms with Crippen molar-refractivity contribution in [2.45, 2.75) is 78.6 Å². The van der Waals surface area contributed by atoms with E-state index in [1.165, 1.54) is 6.42 Å². The fourth-order valence-corrected chi connectivity index (χ4v) is 4.03. The topological polar surface area (TPSA) is 111 Å². The van der Waals surface area contributed by atoms with E-state index in [0.717, 1.165) is 38.2 Å². The van der Waals surface area contributed by atoms with Crippen molar-refractivity contribution in [1.29, 1.82) is 0 Å². The van der Waals surface area contributed by atoms with Crippen molar-refractivity contribution in [1.82, 2.24) is 10.1 Å². The average molecular weight is 455 g/mol. The number of rotatable bonds is 7. The third-order valence-corrected chi connectivity index (χ3v) is 5.49. The van der Waals surface area contributed by atoms with E-state index in [1.807, 2.05) is 13.8 Å². The van der Waals surface area contributed by atoms with Gasteiger partial charge in [-0.3, -0.25) is 9.59 Å². The molecule has 2 amide bonds. The summed E-state index contributed by atoms with van der Waals surface area (Å²) < 4.78 is 16.1. The van der Waals surface area contributed by atoms with Crippen LogP contribution in [0.1, 0.15) is 65.6 Å². The van der Waals surface area contributed by atoms with E-state index in [-0.39, 0.29) is 18.6 Å². The standard InChI is InChI=1S/C18H28N4O5.C3H8.C2H6/c1-25-18(26-2)12-5-8-21(9-6-12)15-10-13(27-20-15)11-16(23)22-7-3-4-14(22)17(19)24;1-3-2;1-2/h10,12,14,18H,3-9,11H2,1-2H3,(H2,19,24);3H2,1-2H3;1-2H3. The Morgan fingerprint density at radius 1 is 1.16 bits per heavy atom. The van der Waals surface area contributed by atoms with Gasteiger partial charge >= 0.3 is 0 Å². The molecule has 9 heteroatoms. The first-order valence-electron chi connectivity index (χ1n) is 11.8. The van der Waals surface area contributed by atoms with Gasteiger partial charge in [0.1, 0.15) is 11.8 Å². The summed E-state index contributed by atoms with van der Waals surface area (Å²) >= 11 is 0. The molecule has 2 saturated heterocycles. The molecule has 32 heavy (non-hydrogen) atoms. The van der Waals surface area contributed by atoms with Crippen LogP contribution in [0.5, 0.6) is 0 Å². The fourth-order valence-electron chi connectivity index (χ4n) is 4.03. The van der Waals surface area contributed by atoms with Crippen LogP contribution in [0.15, 0.2) is 10.6 Å². The number of anilines is 1. The number of carbonyl (C=O) groups is 2. The Bertz CT molecular complexity index is 669. The van der Waals surface area contributed by atoms with E-state index in [1.54, 1.807) is 25.2 Å². The molecular formula is C23H42N4O5. The Kier molecular flexibility index (Phi) is 12.9. The number of primary amides is 1. The summed E-state index contributed by atoms with van der Waals surface area (Å²) in [5.74, 6) is 0.979. The van der Waals surface area contributed by atoms with Gasteiger partial charge in [-0.2, -0.15) is 0 Å². The van der Waals surface area contributed by atoms with Crippen LogP contribution in [0.2, 0.25) is 0 Å². The Hall–Kier alpha value is -2.13. The summed E-state index contributed by atoms with van der Waals surface area (Å²) in [6.07, 6.45) is 4.43. The normalized spacial score (nSPS) is 18.7. The maximum atomic E-state index is 12.5. The first-order chi connectivity index (χ1) is 15.4. The number of likely N-dealkylation sites (tertiary alicyclic amines) is 1. The lowest BCUT2D eigenvalue weighted by molar-refractivity contribution is -0.141. The smallest absolute Gasteiger partial charge is 0.240 e. The number of carbonyl (C=O) groups excluding carboxylic acids is 2. The molecule has 2 N–H and O–H groups in total. The van der Waals surface area contributed by atoms with Crippen LogP contribution in [0.3, 0.4) is 0 Å². The molecule has 0 aromatic carbocycles. The van der Waals surface area contributed by atoms with Crippen molar-refractivity contribution in [2.75, 3.05) is 38.8 Å². The number of piperidine rings is 1. The Morgan fingerprint density at radius 2 is 1.75 bits per heavy atom. The molecular weight excluding hydrogens is 412 g/mol. The second-order valence-corrected chi connectivity index (χ2v) is 7.85. The van der Waals surface area contributed by atoms with Crippen LogP contribution in [0, 0.1) is 5.92 Å². The minimum Gasteiger partial charge on any atom is -0.368 e. The van der Waals surface area contributed by atoms with E-state index in [4.69, 9.17) is 19.7 Å². The van der Waals surface area contributed by atoms with E-state index >= 15 is 0 Å². The fraction of sp³-hybridized carbons (Fsp3) is 0.783. The summed E-state index contributed by atoms with van der Waals surface area (Å²) in [5.41, 5.74) is 5.38. The Morgan fingerprint density at radius 3 is 2.28 bits per heavy atom. The highest BCUT2D eigenvalue weighted by Gasteiger charge is 2.33. The molecule has 1 unspecified atom stereocenters. The number of aromatic nitrogens is 1. The van der Waals surface area contributed by atoms with Crippen molar-refractivity contribution in [3.8, 4) is 0 Å². The van der Waals surface area contributed by atoms with Gasteiger partial charge in [0.15, 0.2) is 12.1 Å². The van der Waals surface area contributed by atoms with Crippen LogP contribution in [-0.2, 0) is 25.5 Å². The van der Waals surface area contributed by atoms with Gasteiger partial charge in [0.2, 0.25) is 11.8 Å². The summed E-state index contributed by atoms with van der Waals surface area (Å²) in [7, 11) is 3.31. The van der Waals surface area contributed by atoms with Crippen molar-refractivity contribution in [3.63, 3.8) is 0 Å². The second kappa shape index (κ2) is 14.8. The minimum absolute atomic E-state index is 0.0860. The summed E-state index contributed by atoms with van der Waals surface area (Å²) in [6.45, 7) is 10.5. The highest BCUT2D eigenvalue weighted by molar-refractivity contribution is 5.87. The summed E-state index contributed by atoms with van der Waals surface area (Å²) in [6, 6.07) is 1.30. The van der Waals surface area contributed by atoms with Crippen molar-refractivity contribution < 1.29 is 23.6 Å². The lowest BCUT2D eigenvalue weighted by Gasteiger charge is -2.34. The second-order valence-electron chi connectivity index (χ2n) is 7.85. The molecule has 0 bridgehead atoms. The molecule has 3 heterocycles. The molecule has 1 atom stereocenters. The molecule has 1 aromatic heterocycles. The van der Waals surface area contributed by atoms with Crippen LogP contribution >= 0.6 is 0 Å². The third kappa shape index (κ3) is 7.78. The van der Waals surface area contributed by atoms with E-state index in [0.29, 0.717) is 24.6 Å². The number of methoxy groups -OCH3 is 2. The average Bonchev–Trinajstić information content (AvgIpc) is 3.47. The van der Waals surface area contributed by atoms with Gasteiger partial charge in [-0.15, -0.1) is 0 Å². The van der Waals surface area contributed by atoms with E-state index < -0.39 is 11.9 Å². The molecule has 2 aliphatic heterocycles. The Balaban J connectivity index is 0.000000944. The number of nitrogens with two attached hydrogens (primary N) is 1. The van der Waals surface area contributed by atoms with Crippen LogP contribution < -0.4 is 10.6 Å². The summed E-state index contributed by atoms with van der Waals surface area (Å²) in [5, 5.41) is 4.11. The molecule has 2 aliphatic rings. The molecule has 9 nitrogen and oxygen atoms in total. The maximum Gasteiger partial charge on any atom is 0.240 e. The van der Waals surface area contributed by atoms with Gasteiger partial charge in [0.25, 0.3) is 0 Å². The first kappa shape index (κ1) is 27.9. The predicted molar refractivity (Wildman–Crippen MR) is 124 cm³/mol. The molecule has 0 aliphatic carbocycles. The molecule has 0 spiro atoms. The highest BCUT2D eigenvalue weighted by atomic mass is 16.7. The van der Waals surface area contributed by atoms with Gasteiger partial charge in [0, 0.05) is 45.8 Å². The number of amides is 2. The third-order valence-electron chi connectivity index (χ3n) is 5.49. The number of ether oxygens (including phenoxy) is 2. The molecule has 1 aromatic rings. The van der Waals surface area contributed by atoms with Gasteiger partial charge in [-0.05, 0) is 25.7 Å². The SMILES string of the molecule is CC.CCC.COC(OC)C1CCN(c2cc(CC(=O)N3CCCC3C(N)=O)on2)CC1. The lowest BCUT2D eigenvalue weighted by Crippen LogP contribution is -2.44. The van der Waals surface area contributed by atoms with Crippen LogP contribution in [0.25, 0.3) is 0 Å². The van der Waals surface area contributed by atoms with E-state index in [2.05, 4.69) is 23.9 Å². The molecule has 2 fully saturated rings. The lowest BCUT2D eigenvalue weighted by atomic mass is 9.96. The van der Waals surface area contributed by atoms with E-state index in [9.17, 15) is 9.59 Å². The van der Waals surface area contributed by atoms with Crippen molar-refractivity contribution in [3.05, 3.63) is 11.8 Å². The number of nitrogens with zero attached hydrogens (tertiary/aromatic N) is 3. The predicted octanol–water partition coefficient (Wildman–Crippen LogP) is 2.97. The van der Waals surface area contributed by atoms with Gasteiger partial charge in [-0.1, -0.05) is 39.3 Å². The van der Waals surface area contributed by atoms with Gasteiger partial charge in [0.05, 0.1) is 6.42 Å². The summed E-state index contributed by atoms with van der Waals surface area (Å²) in [4.78, 5) is 27.6. The number of hydrogen-bond donors (Lipinski definition) is 1. The molecule has 3 rings (SSSR count). The Labute approximate surface area is 192 Å². The molecule has 0 radical (unpaired) electrons. The number of hydrogen-bond acceptors (Lipinski definition) is 7. The minimum atomic E-state index is -0.506. The monoisotopic (exact) mass is 454 g/mol. The molecule has 0 saturated carbocycles. The zero-order valence-corrected chi connectivity index (χ0v) is 20.6. The zero-order chi connectivity index (χ0) is 24.1. The first-order valence-corrected chi connectivity index (χ1v) is 11.8.